The van der Waals surface area contributed by atoms with E-state index in [1.807, 2.05) is 58.1 Å². The zero-order valence-electron chi connectivity index (χ0n) is 40.3. The van der Waals surface area contributed by atoms with Gasteiger partial charge in [-0.2, -0.15) is 0 Å². The van der Waals surface area contributed by atoms with Crippen molar-refractivity contribution in [1.29, 1.82) is 0 Å². The molecule has 3 fully saturated rings. The van der Waals surface area contributed by atoms with E-state index in [-0.39, 0.29) is 54.8 Å². The minimum atomic E-state index is -2.36. The number of Topliss-reactive ketones (excluding diaryl/α,β-unsaturated/α-hetero) is 3. The van der Waals surface area contributed by atoms with Crippen molar-refractivity contribution in [3.8, 4) is 0 Å². The molecule has 360 valence electrons. The van der Waals surface area contributed by atoms with Crippen LogP contribution in [0.25, 0.3) is 0 Å². The Labute approximate surface area is 382 Å². The molecule has 0 spiro atoms. The smallest absolute Gasteiger partial charge is 0.329 e. The van der Waals surface area contributed by atoms with Crippen molar-refractivity contribution in [2.24, 2.45) is 35.5 Å². The van der Waals surface area contributed by atoms with Crippen LogP contribution >= 0.6 is 0 Å². The van der Waals surface area contributed by atoms with Crippen LogP contribution in [0.3, 0.4) is 0 Å². The van der Waals surface area contributed by atoms with Crippen LogP contribution in [0.4, 0.5) is 0 Å². The number of fused-ring (bicyclic) bond motifs is 3. The van der Waals surface area contributed by atoms with Crippen LogP contribution < -0.4 is 0 Å². The van der Waals surface area contributed by atoms with Crippen molar-refractivity contribution in [1.82, 2.24) is 4.90 Å². The van der Waals surface area contributed by atoms with E-state index in [0.29, 0.717) is 69.8 Å². The zero-order chi connectivity index (χ0) is 47.5. The van der Waals surface area contributed by atoms with Crippen LogP contribution in [0.2, 0.25) is 0 Å². The van der Waals surface area contributed by atoms with Crippen LogP contribution in [0.15, 0.2) is 47.6 Å². The number of carbonyl (C=O) groups is 5. The summed E-state index contributed by atoms with van der Waals surface area (Å²) in [6, 6.07) is -1.12. The lowest BCUT2D eigenvalue weighted by Gasteiger charge is -2.42. The molecule has 0 aromatic rings. The van der Waals surface area contributed by atoms with E-state index >= 15 is 0 Å². The second-order valence-electron chi connectivity index (χ2n) is 19.9. The van der Waals surface area contributed by atoms with Gasteiger partial charge in [-0.15, -0.1) is 0 Å². The minimum absolute atomic E-state index is 0.0388. The first-order valence-corrected chi connectivity index (χ1v) is 23.8. The van der Waals surface area contributed by atoms with Gasteiger partial charge in [0.05, 0.1) is 18.3 Å². The summed E-state index contributed by atoms with van der Waals surface area (Å²) in [6.07, 6.45) is 14.3. The number of piperidine rings is 1. The van der Waals surface area contributed by atoms with Gasteiger partial charge in [-0.1, -0.05) is 76.6 Å². The lowest BCUT2D eigenvalue weighted by Crippen LogP contribution is -2.60. The van der Waals surface area contributed by atoms with Gasteiger partial charge in [0, 0.05) is 44.9 Å². The molecule has 1 saturated carbocycles. The van der Waals surface area contributed by atoms with Crippen LogP contribution in [0.1, 0.15) is 139 Å². The Morgan fingerprint density at radius 1 is 0.891 bits per heavy atom. The zero-order valence-corrected chi connectivity index (χ0v) is 40.3. The second-order valence-corrected chi connectivity index (χ2v) is 19.9. The highest BCUT2D eigenvalue weighted by Crippen LogP contribution is 2.38. The van der Waals surface area contributed by atoms with Crippen molar-refractivity contribution in [2.45, 2.75) is 187 Å². The molecule has 64 heavy (non-hydrogen) atoms. The number of cyclic esters (lactones) is 1. The quantitative estimate of drug-likeness (QED) is 0.147. The molecule has 1 aliphatic carbocycles. The predicted molar refractivity (Wildman–Crippen MR) is 244 cm³/mol. The fourth-order valence-electron chi connectivity index (χ4n) is 10.0. The average molecular weight is 898 g/mol. The first-order chi connectivity index (χ1) is 30.1. The predicted octanol–water partition coefficient (Wildman–Crippen LogP) is 6.95. The molecule has 13 nitrogen and oxygen atoms in total. The van der Waals surface area contributed by atoms with Gasteiger partial charge in [0.1, 0.15) is 29.6 Å². The second kappa shape index (κ2) is 23.9. The number of hydrogen-bond acceptors (Lipinski definition) is 12. The number of esters is 1. The maximum absolute atomic E-state index is 14.3. The lowest BCUT2D eigenvalue weighted by molar-refractivity contribution is -0.263. The van der Waals surface area contributed by atoms with Crippen LogP contribution in [-0.4, -0.2) is 118 Å². The molecule has 3 heterocycles. The summed E-state index contributed by atoms with van der Waals surface area (Å²) in [7, 11) is 2.96. The Hall–Kier alpha value is -3.33. The molecule has 0 aromatic heterocycles. The summed E-state index contributed by atoms with van der Waals surface area (Å²) < 4.78 is 23.6. The van der Waals surface area contributed by atoms with Gasteiger partial charge in [0.25, 0.3) is 11.7 Å². The molecule has 2 saturated heterocycles. The first-order valence-electron chi connectivity index (χ1n) is 23.8. The van der Waals surface area contributed by atoms with Crippen molar-refractivity contribution in [3.63, 3.8) is 0 Å². The third kappa shape index (κ3) is 13.6. The summed E-state index contributed by atoms with van der Waals surface area (Å²) in [5.74, 6) is -7.74. The molecule has 3 N–H and O–H groups in total. The van der Waals surface area contributed by atoms with Crippen molar-refractivity contribution in [3.05, 3.63) is 47.6 Å². The summed E-state index contributed by atoms with van der Waals surface area (Å²) >= 11 is 0. The summed E-state index contributed by atoms with van der Waals surface area (Å²) in [5.41, 5.74) is -0.302. The number of ketones is 3. The number of ether oxygens (including phenoxy) is 4. The Morgan fingerprint density at radius 3 is 2.30 bits per heavy atom. The summed E-state index contributed by atoms with van der Waals surface area (Å²) in [5, 5.41) is 34.2. The molecule has 14 atom stereocenters. The number of rotatable bonds is 5. The molecule has 0 radical (unpaired) electrons. The molecule has 13 heteroatoms. The summed E-state index contributed by atoms with van der Waals surface area (Å²) in [6.45, 7) is 14.4. The highest BCUT2D eigenvalue weighted by molar-refractivity contribution is 6.39. The Morgan fingerprint density at radius 2 is 1.61 bits per heavy atom. The van der Waals surface area contributed by atoms with E-state index in [2.05, 4.69) is 0 Å². The molecule has 4 aliphatic rings. The molecular weight excluding hydrogens is 819 g/mol. The molecule has 1 amide bonds. The number of aliphatic hydroxyl groups is 3. The Bertz CT molecular complexity index is 1750. The molecular formula is C51H79NO12. The van der Waals surface area contributed by atoms with Gasteiger partial charge < -0.3 is 39.2 Å². The topological polar surface area (TPSA) is 186 Å². The number of methoxy groups -OCH3 is 2. The van der Waals surface area contributed by atoms with E-state index in [0.717, 1.165) is 12.0 Å². The minimum Gasteiger partial charge on any atom is -0.460 e. The number of nitrogens with zero attached hydrogens (tertiary/aromatic N) is 1. The number of allylic oxidation sites excluding steroid dienone is 7. The van der Waals surface area contributed by atoms with Crippen molar-refractivity contribution >= 4 is 29.2 Å². The highest BCUT2D eigenvalue weighted by atomic mass is 16.6. The van der Waals surface area contributed by atoms with E-state index < -0.39 is 77.3 Å². The maximum Gasteiger partial charge on any atom is 0.329 e. The normalized spacial score (nSPS) is 40.9. The van der Waals surface area contributed by atoms with Crippen molar-refractivity contribution < 1.29 is 58.2 Å². The molecule has 0 aromatic carbocycles. The van der Waals surface area contributed by atoms with Gasteiger partial charge in [0.2, 0.25) is 5.79 Å². The lowest BCUT2D eigenvalue weighted by atomic mass is 9.78. The molecule has 4 rings (SSSR count). The monoisotopic (exact) mass is 898 g/mol. The van der Waals surface area contributed by atoms with Gasteiger partial charge in [-0.3, -0.25) is 19.2 Å². The number of aliphatic hydroxyl groups excluding tert-OH is 1. The Kier molecular flexibility index (Phi) is 19.9. The highest BCUT2D eigenvalue weighted by Gasteiger charge is 2.53. The fraction of sp³-hybridized carbons (Fsp3) is 0.745. The van der Waals surface area contributed by atoms with Crippen molar-refractivity contribution in [2.75, 3.05) is 20.8 Å². The third-order valence-corrected chi connectivity index (χ3v) is 14.6. The Balaban J connectivity index is 1.70. The standard InChI is InChI=1S/C51H79NO12/c1-31-16-12-11-13-17-32(2)26-35(5)45(55)47(62-10)50(8,59)37(7)27-33(3)42(54)30-43(34(4)28-38-21-24-41(53)44(29-38)61-9)63-49(58)40-18-14-15-25-52(40)48(57)46(56)51(60)36(6)20-23-39(64-51)22-19-31/h11-13,16-17,27,32-36,38-41,43-44,47,53,59-60H,14-15,18-26,28-30H2,1-10H3/b12-11+,17-13+,31-16+,37-27+/t32-,33-,34-,35-,36-,38+,39-,40+,41-,43+,44-,47+,50+,51-/m1/s1. The van der Waals surface area contributed by atoms with Gasteiger partial charge in [0.15, 0.2) is 5.78 Å². The largest absolute Gasteiger partial charge is 0.460 e. The number of carbonyl (C=O) groups excluding carboxylic acids is 5. The maximum atomic E-state index is 14.3. The van der Waals surface area contributed by atoms with E-state index in [4.69, 9.17) is 18.9 Å². The van der Waals surface area contributed by atoms with Gasteiger partial charge in [-0.05, 0) is 121 Å². The van der Waals surface area contributed by atoms with Gasteiger partial charge >= 0.3 is 5.97 Å². The van der Waals surface area contributed by atoms with Gasteiger partial charge in [-0.25, -0.2) is 4.79 Å². The summed E-state index contributed by atoms with van der Waals surface area (Å²) in [4.78, 5) is 71.8. The number of hydrogen-bond donors (Lipinski definition) is 3. The van der Waals surface area contributed by atoms with Crippen LogP contribution in [0.5, 0.6) is 0 Å². The molecule has 3 aliphatic heterocycles. The van der Waals surface area contributed by atoms with Crippen LogP contribution in [-0.2, 0) is 42.9 Å². The number of amides is 1. The van der Waals surface area contributed by atoms with E-state index in [1.165, 1.54) is 18.9 Å². The third-order valence-electron chi connectivity index (χ3n) is 14.6. The molecule has 0 unspecified atom stereocenters. The van der Waals surface area contributed by atoms with E-state index in [1.54, 1.807) is 34.0 Å². The van der Waals surface area contributed by atoms with Crippen LogP contribution in [0, 0.1) is 35.5 Å². The average Bonchev–Trinajstić information content (AvgIpc) is 3.26. The van der Waals surface area contributed by atoms with E-state index in [9.17, 15) is 39.3 Å². The first kappa shape index (κ1) is 53.3. The SMILES string of the molecule is CO[C@@H]1C[C@H](C[C@@H](C)[C@@H]2CC(=O)[C@H](C)/C=C(\C)[C@](C)(O)[C@@H](OC)C(=O)[C@H](C)C[C@H](C)/C=C/C=C/C=C(\C)CC[C@@H]3CC[C@@H](C)[C@@](O)(O3)C(=O)C(=O)N3CCCC[C@H]3C(=O)O2)CC[C@H]1O. The molecule has 2 bridgehead atoms. The fourth-order valence-corrected chi connectivity index (χ4v) is 10.0.